The lowest BCUT2D eigenvalue weighted by atomic mass is 10.1. The Morgan fingerprint density at radius 2 is 1.67 bits per heavy atom. The summed E-state index contributed by atoms with van der Waals surface area (Å²) >= 11 is 0. The van der Waals surface area contributed by atoms with Crippen LogP contribution in [0.4, 0.5) is 5.69 Å². The van der Waals surface area contributed by atoms with Gasteiger partial charge in [0.25, 0.3) is 0 Å². The van der Waals surface area contributed by atoms with Gasteiger partial charge < -0.3 is 33.7 Å². The molecule has 3 rings (SSSR count). The summed E-state index contributed by atoms with van der Waals surface area (Å²) in [6.45, 7) is 0.228. The minimum absolute atomic E-state index is 0.0816. The molecule has 0 radical (unpaired) electrons. The van der Waals surface area contributed by atoms with Crippen molar-refractivity contribution in [2.24, 2.45) is 0 Å². The Morgan fingerprint density at radius 3 is 2.26 bits per heavy atom. The number of carboxylic acid groups (broad SMARTS) is 1. The number of ether oxygens (including phenoxy) is 5. The zero-order valence-electron chi connectivity index (χ0n) is 14.6. The molecule has 0 atom stereocenters. The number of benzene rings is 1. The molecule has 2 aliphatic heterocycles. The second-order valence-electron chi connectivity index (χ2n) is 5.53. The molecule has 0 spiro atoms. The predicted octanol–water partition coefficient (Wildman–Crippen LogP) is 0.550. The Hall–Kier alpha value is -3.27. The van der Waals surface area contributed by atoms with Gasteiger partial charge in [0.1, 0.15) is 25.6 Å². The lowest BCUT2D eigenvalue weighted by Gasteiger charge is -2.33. The molecule has 0 fully saturated rings. The smallest absolute Gasteiger partial charge is 0.355 e. The van der Waals surface area contributed by atoms with E-state index in [0.717, 1.165) is 14.2 Å². The molecule has 10 nitrogen and oxygen atoms in total. The van der Waals surface area contributed by atoms with Crippen LogP contribution in [0.3, 0.4) is 0 Å². The number of hydrogen-bond acceptors (Lipinski definition) is 9. The molecule has 27 heavy (non-hydrogen) atoms. The highest BCUT2D eigenvalue weighted by molar-refractivity contribution is 6.05. The van der Waals surface area contributed by atoms with Crippen LogP contribution in [0, 0.1) is 0 Å². The number of nitrogens with zero attached hydrogens (tertiary/aromatic N) is 1. The molecule has 1 aromatic rings. The number of esters is 2. The van der Waals surface area contributed by atoms with Crippen molar-refractivity contribution in [1.29, 1.82) is 0 Å². The molecule has 0 saturated heterocycles. The van der Waals surface area contributed by atoms with Gasteiger partial charge in [-0.15, -0.1) is 0 Å². The van der Waals surface area contributed by atoms with E-state index in [4.69, 9.17) is 23.7 Å². The molecule has 0 unspecified atom stereocenters. The molecular weight excluding hydrogens is 362 g/mol. The number of methoxy groups -OCH3 is 2. The number of anilines is 1. The van der Waals surface area contributed by atoms with Crippen molar-refractivity contribution in [2.45, 2.75) is 0 Å². The van der Waals surface area contributed by atoms with Gasteiger partial charge in [-0.2, -0.15) is 0 Å². The van der Waals surface area contributed by atoms with Crippen molar-refractivity contribution in [3.05, 3.63) is 29.0 Å². The molecule has 1 N–H and O–H groups in total. The number of fused-ring (bicyclic) bond motifs is 1. The highest BCUT2D eigenvalue weighted by Crippen LogP contribution is 2.39. The van der Waals surface area contributed by atoms with Gasteiger partial charge in [0.15, 0.2) is 11.5 Å². The molecule has 1 aromatic carbocycles. The van der Waals surface area contributed by atoms with Crippen LogP contribution in [0.1, 0.15) is 10.4 Å². The summed E-state index contributed by atoms with van der Waals surface area (Å²) in [6.07, 6.45) is 0. The van der Waals surface area contributed by atoms with E-state index >= 15 is 0 Å². The maximum atomic E-state index is 12.4. The van der Waals surface area contributed by atoms with Crippen LogP contribution in [0.25, 0.3) is 0 Å². The van der Waals surface area contributed by atoms with Crippen LogP contribution in [0.2, 0.25) is 0 Å². The molecule has 0 aromatic heterocycles. The van der Waals surface area contributed by atoms with Gasteiger partial charge in [-0.25, -0.2) is 14.4 Å². The lowest BCUT2D eigenvalue weighted by Crippen LogP contribution is -2.39. The molecule has 2 heterocycles. The van der Waals surface area contributed by atoms with Crippen LogP contribution < -0.4 is 14.4 Å². The van der Waals surface area contributed by atoms with Crippen LogP contribution in [0.5, 0.6) is 11.5 Å². The predicted molar refractivity (Wildman–Crippen MR) is 88.7 cm³/mol. The van der Waals surface area contributed by atoms with Gasteiger partial charge in [0.05, 0.1) is 37.7 Å². The van der Waals surface area contributed by atoms with Crippen LogP contribution >= 0.6 is 0 Å². The van der Waals surface area contributed by atoms with Crippen molar-refractivity contribution in [3.63, 3.8) is 0 Å². The molecular formula is C17H17NO9. The Bertz CT molecular complexity index is 830. The maximum absolute atomic E-state index is 12.4. The van der Waals surface area contributed by atoms with Gasteiger partial charge >= 0.3 is 17.9 Å². The average molecular weight is 379 g/mol. The Kier molecular flexibility index (Phi) is 5.17. The number of hydrogen-bond donors (Lipinski definition) is 1. The second-order valence-corrected chi connectivity index (χ2v) is 5.53. The first-order valence-electron chi connectivity index (χ1n) is 7.90. The van der Waals surface area contributed by atoms with Gasteiger partial charge in [0, 0.05) is 12.1 Å². The summed E-state index contributed by atoms with van der Waals surface area (Å²) < 4.78 is 25.8. The normalized spacial score (nSPS) is 16.0. The summed E-state index contributed by atoms with van der Waals surface area (Å²) in [5.74, 6) is -2.27. The van der Waals surface area contributed by atoms with Gasteiger partial charge in [-0.05, 0) is 0 Å². The molecule has 0 bridgehead atoms. The average Bonchev–Trinajstić information content (AvgIpc) is 2.70. The number of carboxylic acids is 1. The van der Waals surface area contributed by atoms with E-state index in [0.29, 0.717) is 12.4 Å². The summed E-state index contributed by atoms with van der Waals surface area (Å²) in [5, 5.41) is 9.61. The minimum Gasteiger partial charge on any atom is -0.486 e. The molecule has 144 valence electrons. The first kappa shape index (κ1) is 18.5. The molecule has 0 aliphatic carbocycles. The number of carbonyl (C=O) groups is 3. The number of aromatic carboxylic acids is 1. The van der Waals surface area contributed by atoms with E-state index < -0.39 is 17.9 Å². The monoisotopic (exact) mass is 379 g/mol. The highest BCUT2D eigenvalue weighted by atomic mass is 16.6. The number of rotatable bonds is 4. The summed E-state index contributed by atoms with van der Waals surface area (Å²) in [5.41, 5.74) is -0.305. The van der Waals surface area contributed by atoms with Crippen molar-refractivity contribution in [2.75, 3.05) is 45.7 Å². The van der Waals surface area contributed by atoms with Gasteiger partial charge in [-0.1, -0.05) is 0 Å². The summed E-state index contributed by atoms with van der Waals surface area (Å²) in [6, 6.07) is 2.72. The molecule has 0 saturated carbocycles. The third-order valence-electron chi connectivity index (χ3n) is 4.01. The molecule has 0 amide bonds. The van der Waals surface area contributed by atoms with Crippen LogP contribution in [0.15, 0.2) is 23.4 Å². The lowest BCUT2D eigenvalue weighted by molar-refractivity contribution is -0.140. The van der Waals surface area contributed by atoms with Crippen molar-refractivity contribution in [3.8, 4) is 11.5 Å². The third kappa shape index (κ3) is 3.38. The second kappa shape index (κ2) is 7.54. The maximum Gasteiger partial charge on any atom is 0.355 e. The van der Waals surface area contributed by atoms with E-state index in [1.807, 2.05) is 0 Å². The highest BCUT2D eigenvalue weighted by Gasteiger charge is 2.35. The third-order valence-corrected chi connectivity index (χ3v) is 4.01. The SMILES string of the molecule is COC(=O)C1=C(C(=O)OC)N(c2cc3c(cc2C(=O)O)OCCO3)COC1. The standard InChI is InChI=1S/C17H17NO9/c1-23-16(21)10-7-25-8-18(14(10)17(22)24-2)11-6-13-12(26-3-4-27-13)5-9(11)15(19)20/h5-6H,3-4,7-8H2,1-2H3,(H,19,20). The first-order valence-corrected chi connectivity index (χ1v) is 7.90. The van der Waals surface area contributed by atoms with Crippen molar-refractivity contribution >= 4 is 23.6 Å². The Balaban J connectivity index is 2.19. The summed E-state index contributed by atoms with van der Waals surface area (Å²) in [4.78, 5) is 37.5. The van der Waals surface area contributed by atoms with E-state index in [9.17, 15) is 19.5 Å². The van der Waals surface area contributed by atoms with E-state index in [2.05, 4.69) is 0 Å². The fourth-order valence-electron chi connectivity index (χ4n) is 2.81. The quantitative estimate of drug-likeness (QED) is 0.742. The molecule has 10 heteroatoms. The van der Waals surface area contributed by atoms with E-state index in [-0.39, 0.29) is 48.2 Å². The minimum atomic E-state index is -1.25. The van der Waals surface area contributed by atoms with Crippen molar-refractivity contribution < 1.29 is 43.2 Å². The zero-order valence-corrected chi connectivity index (χ0v) is 14.6. The van der Waals surface area contributed by atoms with E-state index in [1.54, 1.807) is 0 Å². The number of carbonyl (C=O) groups excluding carboxylic acids is 2. The fraction of sp³-hybridized carbons (Fsp3) is 0.353. The largest absolute Gasteiger partial charge is 0.486 e. The van der Waals surface area contributed by atoms with Crippen LogP contribution in [-0.2, 0) is 23.8 Å². The van der Waals surface area contributed by atoms with Crippen LogP contribution in [-0.4, -0.2) is 63.8 Å². The van der Waals surface area contributed by atoms with Crippen molar-refractivity contribution in [1.82, 2.24) is 0 Å². The molecule has 2 aliphatic rings. The van der Waals surface area contributed by atoms with E-state index in [1.165, 1.54) is 17.0 Å². The first-order chi connectivity index (χ1) is 13.0. The zero-order chi connectivity index (χ0) is 19.6. The summed E-state index contributed by atoms with van der Waals surface area (Å²) in [7, 11) is 2.32. The van der Waals surface area contributed by atoms with Gasteiger partial charge in [-0.3, -0.25) is 0 Å². The fourth-order valence-corrected chi connectivity index (χ4v) is 2.81. The van der Waals surface area contributed by atoms with Gasteiger partial charge in [0.2, 0.25) is 0 Å². The topological polar surface area (TPSA) is 121 Å². The Morgan fingerprint density at radius 1 is 1.04 bits per heavy atom. The Labute approximate surface area is 153 Å².